The van der Waals surface area contributed by atoms with Crippen LogP contribution in [-0.2, 0) is 11.2 Å². The monoisotopic (exact) mass is 332 g/mol. The first kappa shape index (κ1) is 15.5. The Labute approximate surface area is 136 Å². The van der Waals surface area contributed by atoms with Crippen LogP contribution in [-0.4, -0.2) is 22.5 Å². The molecule has 1 atom stereocenters. The summed E-state index contributed by atoms with van der Waals surface area (Å²) in [5.41, 5.74) is 1.35. The molecule has 120 valence electrons. The number of nitrogens with zero attached hydrogens (tertiary/aromatic N) is 1. The molecule has 6 nitrogen and oxygen atoms in total. The number of aromatic nitrogens is 1. The van der Waals surface area contributed by atoms with Gasteiger partial charge in [-0.05, 0) is 41.4 Å². The molecular weight excluding hydrogens is 316 g/mol. The minimum Gasteiger partial charge on any atom is -0.459 e. The Hall–Kier alpha value is -2.38. The normalized spacial score (nSPS) is 12.3. The third kappa shape index (κ3) is 3.69. The summed E-state index contributed by atoms with van der Waals surface area (Å²) < 4.78 is 10.7. The summed E-state index contributed by atoms with van der Waals surface area (Å²) in [4.78, 5) is 16.3. The van der Waals surface area contributed by atoms with Crippen LogP contribution < -0.4 is 5.32 Å². The van der Waals surface area contributed by atoms with Crippen molar-refractivity contribution in [2.45, 2.75) is 19.4 Å². The van der Waals surface area contributed by atoms with Crippen LogP contribution >= 0.6 is 11.3 Å². The zero-order valence-electron chi connectivity index (χ0n) is 12.5. The predicted octanol–water partition coefficient (Wildman–Crippen LogP) is 2.70. The quantitative estimate of drug-likeness (QED) is 0.724. The van der Waals surface area contributed by atoms with Crippen LogP contribution in [0.1, 0.15) is 23.1 Å². The number of carbonyl (C=O) groups excluding carboxylic acids is 1. The third-order valence-corrected chi connectivity index (χ3v) is 4.07. The second-order valence-electron chi connectivity index (χ2n) is 5.05. The first-order valence-corrected chi connectivity index (χ1v) is 8.05. The van der Waals surface area contributed by atoms with Gasteiger partial charge in [0.1, 0.15) is 5.76 Å². The van der Waals surface area contributed by atoms with E-state index >= 15 is 0 Å². The molecule has 0 saturated carbocycles. The summed E-state index contributed by atoms with van der Waals surface area (Å²) in [6.07, 6.45) is 0.918. The molecule has 0 saturated heterocycles. The summed E-state index contributed by atoms with van der Waals surface area (Å²) in [5.74, 6) is 1.23. The average molecular weight is 332 g/mol. The van der Waals surface area contributed by atoms with E-state index in [1.807, 2.05) is 16.8 Å². The van der Waals surface area contributed by atoms with E-state index in [9.17, 15) is 9.90 Å². The fraction of sp³-hybridized carbons (Fsp3) is 0.250. The van der Waals surface area contributed by atoms with Crippen LogP contribution in [0.2, 0.25) is 0 Å². The van der Waals surface area contributed by atoms with Crippen molar-refractivity contribution in [1.29, 1.82) is 0 Å². The first-order valence-electron chi connectivity index (χ1n) is 7.10. The SMILES string of the molecule is Cc1oc(-c2ccco2)nc1CC(=O)NCC(O)c1ccsc1. The predicted molar refractivity (Wildman–Crippen MR) is 84.9 cm³/mol. The fourth-order valence-electron chi connectivity index (χ4n) is 2.11. The Bertz CT molecular complexity index is 762. The second-order valence-corrected chi connectivity index (χ2v) is 5.83. The Morgan fingerprint density at radius 1 is 1.48 bits per heavy atom. The molecule has 0 radical (unpaired) electrons. The van der Waals surface area contributed by atoms with E-state index in [1.165, 1.54) is 17.6 Å². The molecule has 0 aliphatic heterocycles. The van der Waals surface area contributed by atoms with Gasteiger partial charge in [-0.2, -0.15) is 11.3 Å². The summed E-state index contributed by atoms with van der Waals surface area (Å²) in [7, 11) is 0. The number of aliphatic hydroxyl groups is 1. The van der Waals surface area contributed by atoms with E-state index in [0.29, 0.717) is 23.1 Å². The number of carbonyl (C=O) groups is 1. The van der Waals surface area contributed by atoms with Crippen molar-refractivity contribution in [1.82, 2.24) is 10.3 Å². The molecule has 0 aliphatic rings. The highest BCUT2D eigenvalue weighted by Crippen LogP contribution is 2.22. The second kappa shape index (κ2) is 6.80. The first-order chi connectivity index (χ1) is 11.1. The van der Waals surface area contributed by atoms with Crippen molar-refractivity contribution in [2.75, 3.05) is 6.54 Å². The molecule has 0 aromatic carbocycles. The standard InChI is InChI=1S/C16H16N2O4S/c1-10-12(18-16(22-10)14-3-2-5-21-14)7-15(20)17-8-13(19)11-4-6-23-9-11/h2-6,9,13,19H,7-8H2,1H3,(H,17,20). The van der Waals surface area contributed by atoms with E-state index in [-0.39, 0.29) is 18.9 Å². The molecule has 3 rings (SSSR count). The van der Waals surface area contributed by atoms with Gasteiger partial charge in [0.2, 0.25) is 5.91 Å². The minimum absolute atomic E-state index is 0.0897. The topological polar surface area (TPSA) is 88.5 Å². The smallest absolute Gasteiger partial charge is 0.263 e. The van der Waals surface area contributed by atoms with Gasteiger partial charge in [-0.15, -0.1) is 0 Å². The number of hydrogen-bond donors (Lipinski definition) is 2. The number of nitrogens with one attached hydrogen (secondary N) is 1. The maximum absolute atomic E-state index is 12.0. The van der Waals surface area contributed by atoms with Crippen molar-refractivity contribution in [3.63, 3.8) is 0 Å². The van der Waals surface area contributed by atoms with Gasteiger partial charge in [0, 0.05) is 6.54 Å². The van der Waals surface area contributed by atoms with E-state index < -0.39 is 6.10 Å². The molecule has 2 N–H and O–H groups in total. The maximum atomic E-state index is 12.0. The number of aliphatic hydroxyl groups excluding tert-OH is 1. The molecule has 0 fully saturated rings. The zero-order chi connectivity index (χ0) is 16.2. The fourth-order valence-corrected chi connectivity index (χ4v) is 2.81. The molecule has 1 amide bonds. The van der Waals surface area contributed by atoms with Gasteiger partial charge in [0.05, 0.1) is 24.5 Å². The third-order valence-electron chi connectivity index (χ3n) is 3.37. The van der Waals surface area contributed by atoms with Crippen molar-refractivity contribution >= 4 is 17.2 Å². The van der Waals surface area contributed by atoms with Crippen LogP contribution in [0.4, 0.5) is 0 Å². The summed E-state index contributed by atoms with van der Waals surface area (Å²) in [5, 5.41) is 16.4. The average Bonchev–Trinajstić information content (AvgIpc) is 3.27. The van der Waals surface area contributed by atoms with Crippen molar-refractivity contribution in [3.8, 4) is 11.7 Å². The van der Waals surface area contributed by atoms with Crippen LogP contribution in [0.15, 0.2) is 44.1 Å². The Morgan fingerprint density at radius 3 is 3.04 bits per heavy atom. The molecule has 1 unspecified atom stereocenters. The molecule has 0 spiro atoms. The van der Waals surface area contributed by atoms with Gasteiger partial charge in [-0.25, -0.2) is 4.98 Å². The van der Waals surface area contributed by atoms with Gasteiger partial charge in [0.25, 0.3) is 5.89 Å². The lowest BCUT2D eigenvalue weighted by Gasteiger charge is -2.10. The minimum atomic E-state index is -0.706. The number of hydrogen-bond acceptors (Lipinski definition) is 6. The molecule has 0 bridgehead atoms. The maximum Gasteiger partial charge on any atom is 0.263 e. The van der Waals surface area contributed by atoms with Gasteiger partial charge in [-0.3, -0.25) is 4.79 Å². The lowest BCUT2D eigenvalue weighted by Crippen LogP contribution is -2.29. The molecule has 23 heavy (non-hydrogen) atoms. The van der Waals surface area contributed by atoms with Crippen LogP contribution in [0.3, 0.4) is 0 Å². The Kier molecular flexibility index (Phi) is 4.59. The largest absolute Gasteiger partial charge is 0.459 e. The number of rotatable bonds is 6. The van der Waals surface area contributed by atoms with Crippen molar-refractivity contribution in [2.24, 2.45) is 0 Å². The summed E-state index contributed by atoms with van der Waals surface area (Å²) in [6.45, 7) is 1.92. The number of thiophene rings is 1. The molecule has 7 heteroatoms. The van der Waals surface area contributed by atoms with Crippen LogP contribution in [0.25, 0.3) is 11.7 Å². The van der Waals surface area contributed by atoms with Gasteiger partial charge in [0.15, 0.2) is 5.76 Å². The van der Waals surface area contributed by atoms with E-state index in [4.69, 9.17) is 8.83 Å². The van der Waals surface area contributed by atoms with E-state index in [2.05, 4.69) is 10.3 Å². The summed E-state index contributed by atoms with van der Waals surface area (Å²) in [6, 6.07) is 5.32. The lowest BCUT2D eigenvalue weighted by atomic mass is 10.2. The molecule has 0 aliphatic carbocycles. The number of oxazole rings is 1. The highest BCUT2D eigenvalue weighted by Gasteiger charge is 2.17. The van der Waals surface area contributed by atoms with E-state index in [0.717, 1.165) is 5.56 Å². The summed E-state index contributed by atoms with van der Waals surface area (Å²) >= 11 is 1.50. The Morgan fingerprint density at radius 2 is 2.35 bits per heavy atom. The van der Waals surface area contributed by atoms with Gasteiger partial charge < -0.3 is 19.3 Å². The van der Waals surface area contributed by atoms with Gasteiger partial charge >= 0.3 is 0 Å². The molecular formula is C16H16N2O4S. The highest BCUT2D eigenvalue weighted by molar-refractivity contribution is 7.07. The highest BCUT2D eigenvalue weighted by atomic mass is 32.1. The zero-order valence-corrected chi connectivity index (χ0v) is 13.3. The number of aryl methyl sites for hydroxylation is 1. The van der Waals surface area contributed by atoms with Crippen molar-refractivity contribution in [3.05, 3.63) is 52.2 Å². The van der Waals surface area contributed by atoms with Crippen molar-refractivity contribution < 1.29 is 18.7 Å². The van der Waals surface area contributed by atoms with Crippen LogP contribution in [0.5, 0.6) is 0 Å². The number of amides is 1. The Balaban J connectivity index is 1.58. The van der Waals surface area contributed by atoms with Crippen LogP contribution in [0, 0.1) is 6.92 Å². The van der Waals surface area contributed by atoms with E-state index in [1.54, 1.807) is 19.1 Å². The molecule has 3 aromatic rings. The lowest BCUT2D eigenvalue weighted by molar-refractivity contribution is -0.121. The molecule has 3 heterocycles. The van der Waals surface area contributed by atoms with Gasteiger partial charge in [-0.1, -0.05) is 0 Å². The number of furan rings is 1. The molecule has 3 aromatic heterocycles.